The number of fused-ring (bicyclic) bond motifs is 4. The number of anilines is 3. The molecule has 188 valence electrons. The molecule has 0 N–H and O–H groups in total. The van der Waals surface area contributed by atoms with Crippen LogP contribution in [-0.4, -0.2) is 71.2 Å². The van der Waals surface area contributed by atoms with Crippen LogP contribution in [0.1, 0.15) is 17.7 Å². The molecule has 1 aliphatic heterocycles. The first-order valence-electron chi connectivity index (χ1n) is 12.3. The van der Waals surface area contributed by atoms with Crippen molar-refractivity contribution in [3.8, 4) is 0 Å². The molecule has 4 heterocycles. The number of hydrogen-bond donors (Lipinski definition) is 0. The molecule has 1 aromatic carbocycles. The number of likely N-dealkylation sites (N-methyl/N-ethyl adjacent to an activating group) is 1. The second-order valence-corrected chi connectivity index (χ2v) is 11.1. The molecule has 36 heavy (non-hydrogen) atoms. The topological polar surface area (TPSA) is 66.7 Å². The van der Waals surface area contributed by atoms with Crippen LogP contribution in [-0.2, 0) is 24.6 Å². The Hall–Kier alpha value is -2.72. The Kier molecular flexibility index (Phi) is 6.11. The third kappa shape index (κ3) is 4.04. The van der Waals surface area contributed by atoms with E-state index >= 15 is 0 Å². The van der Waals surface area contributed by atoms with Crippen molar-refractivity contribution in [3.05, 3.63) is 41.6 Å². The van der Waals surface area contributed by atoms with E-state index in [1.54, 1.807) is 11.3 Å². The highest BCUT2D eigenvalue weighted by Gasteiger charge is 2.27. The molecule has 8 nitrogen and oxygen atoms in total. The van der Waals surface area contributed by atoms with Crippen molar-refractivity contribution in [3.63, 3.8) is 0 Å². The Morgan fingerprint density at radius 3 is 2.72 bits per heavy atom. The van der Waals surface area contributed by atoms with Crippen LogP contribution in [0.25, 0.3) is 21.3 Å². The van der Waals surface area contributed by atoms with Crippen molar-refractivity contribution in [1.82, 2.24) is 19.4 Å². The van der Waals surface area contributed by atoms with Crippen LogP contribution in [0.4, 0.5) is 21.4 Å². The molecule has 10 heteroatoms. The quantitative estimate of drug-likeness (QED) is 0.278. The van der Waals surface area contributed by atoms with Crippen molar-refractivity contribution in [2.45, 2.75) is 25.3 Å². The molecule has 0 spiro atoms. The summed E-state index contributed by atoms with van der Waals surface area (Å²) in [5, 5.41) is 1.53. The van der Waals surface area contributed by atoms with E-state index < -0.39 is 5.37 Å². The summed E-state index contributed by atoms with van der Waals surface area (Å²) < 4.78 is 8.65. The highest BCUT2D eigenvalue weighted by atomic mass is 35.5. The molecule has 6 rings (SSSR count). The third-order valence-corrected chi connectivity index (χ3v) is 8.69. The van der Waals surface area contributed by atoms with Crippen LogP contribution < -0.4 is 9.80 Å². The van der Waals surface area contributed by atoms with E-state index in [4.69, 9.17) is 26.3 Å². The summed E-state index contributed by atoms with van der Waals surface area (Å²) in [5.74, 6) is 0.516. The number of pyridine rings is 1. The minimum atomic E-state index is -0.592. The summed E-state index contributed by atoms with van der Waals surface area (Å²) >= 11 is 7.75. The molecule has 1 unspecified atom stereocenters. The second kappa shape index (κ2) is 9.30. The molecule has 0 bridgehead atoms. The monoisotopic (exact) mass is 524 g/mol. The lowest BCUT2D eigenvalue weighted by atomic mass is 9.91. The smallest absolute Gasteiger partial charge is 0.326 e. The summed E-state index contributed by atoms with van der Waals surface area (Å²) in [7, 11) is 6.35. The fourth-order valence-electron chi connectivity index (χ4n) is 5.42. The van der Waals surface area contributed by atoms with Crippen molar-refractivity contribution < 1.29 is 9.53 Å². The van der Waals surface area contributed by atoms with Crippen molar-refractivity contribution in [2.75, 3.05) is 50.2 Å². The van der Waals surface area contributed by atoms with Crippen molar-refractivity contribution in [1.29, 1.82) is 0 Å². The standard InChI is InChI=1S/C26H29ClN6O2S/c1-30(2)16-5-8-21-19(14-16)18-6-9-23(29-24(18)31(21)3)33(25(27)34)17-4-7-20-22(15-17)36-26(28-20)32-10-12-35-13-11-32/h4,6-7,9,15-16H,5,8,10-14H2,1-3H3. The number of aromatic nitrogens is 3. The molecule has 3 aromatic heterocycles. The van der Waals surface area contributed by atoms with Crippen LogP contribution >= 0.6 is 22.9 Å². The number of thiazole rings is 1. The second-order valence-electron chi connectivity index (χ2n) is 9.72. The van der Waals surface area contributed by atoms with E-state index in [1.165, 1.54) is 16.2 Å². The Bertz CT molecular complexity index is 1460. The number of nitrogens with zero attached hydrogens (tertiary/aromatic N) is 6. The Morgan fingerprint density at radius 2 is 1.97 bits per heavy atom. The van der Waals surface area contributed by atoms with Gasteiger partial charge in [0.25, 0.3) is 0 Å². The third-order valence-electron chi connectivity index (χ3n) is 7.45. The number of ether oxygens (including phenoxy) is 1. The minimum Gasteiger partial charge on any atom is -0.378 e. The average Bonchev–Trinajstić information content (AvgIpc) is 3.43. The largest absolute Gasteiger partial charge is 0.378 e. The summed E-state index contributed by atoms with van der Waals surface area (Å²) in [4.78, 5) is 28.4. The van der Waals surface area contributed by atoms with Crippen molar-refractivity contribution in [2.24, 2.45) is 7.05 Å². The zero-order chi connectivity index (χ0) is 25.0. The van der Waals surface area contributed by atoms with Gasteiger partial charge in [-0.3, -0.25) is 9.69 Å². The summed E-state index contributed by atoms with van der Waals surface area (Å²) in [6.07, 6.45) is 3.16. The van der Waals surface area contributed by atoms with E-state index in [1.807, 2.05) is 24.3 Å². The highest BCUT2D eigenvalue weighted by Crippen LogP contribution is 2.37. The molecule has 1 saturated heterocycles. The lowest BCUT2D eigenvalue weighted by Crippen LogP contribution is -2.36. The molecule has 0 saturated carbocycles. The minimum absolute atomic E-state index is 0.516. The fraction of sp³-hybridized carbons (Fsp3) is 0.423. The van der Waals surface area contributed by atoms with E-state index in [9.17, 15) is 4.79 Å². The van der Waals surface area contributed by atoms with Gasteiger partial charge in [0.05, 0.1) is 29.1 Å². The van der Waals surface area contributed by atoms with Gasteiger partial charge in [-0.05, 0) is 80.9 Å². The predicted molar refractivity (Wildman–Crippen MR) is 146 cm³/mol. The van der Waals surface area contributed by atoms with Gasteiger partial charge in [-0.15, -0.1) is 0 Å². The normalized spacial score (nSPS) is 18.2. The Labute approximate surface area is 219 Å². The van der Waals surface area contributed by atoms with Gasteiger partial charge in [0, 0.05) is 37.3 Å². The summed E-state index contributed by atoms with van der Waals surface area (Å²) in [6.45, 7) is 3.09. The molecule has 1 amide bonds. The van der Waals surface area contributed by atoms with Gasteiger partial charge in [-0.2, -0.15) is 0 Å². The first-order chi connectivity index (χ1) is 17.4. The number of hydrogen-bond acceptors (Lipinski definition) is 7. The van der Waals surface area contributed by atoms with Gasteiger partial charge >= 0.3 is 5.37 Å². The Morgan fingerprint density at radius 1 is 1.17 bits per heavy atom. The summed E-state index contributed by atoms with van der Waals surface area (Å²) in [5.41, 5.74) is 5.16. The maximum Gasteiger partial charge on any atom is 0.326 e. The molecule has 0 radical (unpaired) electrons. The number of benzene rings is 1. The fourth-order valence-corrected chi connectivity index (χ4v) is 6.66. The number of amides is 1. The average molecular weight is 525 g/mol. The van der Waals surface area contributed by atoms with Gasteiger partial charge in [-0.1, -0.05) is 11.3 Å². The maximum atomic E-state index is 12.7. The summed E-state index contributed by atoms with van der Waals surface area (Å²) in [6, 6.07) is 10.3. The van der Waals surface area contributed by atoms with Gasteiger partial charge in [0.1, 0.15) is 11.5 Å². The zero-order valence-corrected chi connectivity index (χ0v) is 22.3. The molecular formula is C26H29ClN6O2S. The lowest BCUT2D eigenvalue weighted by molar-refractivity contribution is 0.122. The maximum absolute atomic E-state index is 12.7. The Balaban J connectivity index is 1.38. The number of carbonyl (C=O) groups excluding carboxylic acids is 1. The van der Waals surface area contributed by atoms with Crippen LogP contribution in [0, 0.1) is 0 Å². The first-order valence-corrected chi connectivity index (χ1v) is 13.5. The highest BCUT2D eigenvalue weighted by molar-refractivity contribution is 7.22. The van der Waals surface area contributed by atoms with Gasteiger partial charge in [0.15, 0.2) is 5.13 Å². The molecule has 4 aromatic rings. The molecule has 1 fully saturated rings. The van der Waals surface area contributed by atoms with E-state index in [0.29, 0.717) is 30.8 Å². The molecule has 1 aliphatic carbocycles. The molecule has 2 aliphatic rings. The van der Waals surface area contributed by atoms with Gasteiger partial charge in [-0.25, -0.2) is 9.97 Å². The van der Waals surface area contributed by atoms with E-state index in [-0.39, 0.29) is 0 Å². The number of carbonyl (C=O) groups is 1. The van der Waals surface area contributed by atoms with Crippen LogP contribution in [0.15, 0.2) is 30.3 Å². The SMILES string of the molecule is CN(C)C1CCc2c(c3ccc(N(C(=O)Cl)c4ccc5nc(N6CCOCC6)sc5c4)nc3n2C)C1. The van der Waals surface area contributed by atoms with Crippen LogP contribution in [0.2, 0.25) is 0 Å². The van der Waals surface area contributed by atoms with Crippen LogP contribution in [0.5, 0.6) is 0 Å². The van der Waals surface area contributed by atoms with E-state index in [0.717, 1.165) is 58.7 Å². The number of rotatable bonds is 4. The lowest BCUT2D eigenvalue weighted by Gasteiger charge is -2.28. The molecular weight excluding hydrogens is 496 g/mol. The van der Waals surface area contributed by atoms with E-state index in [2.05, 4.69) is 41.6 Å². The number of morpholine rings is 1. The first kappa shape index (κ1) is 23.7. The van der Waals surface area contributed by atoms with Crippen LogP contribution in [0.3, 0.4) is 0 Å². The number of aryl methyl sites for hydroxylation is 1. The zero-order valence-electron chi connectivity index (χ0n) is 20.7. The van der Waals surface area contributed by atoms with Gasteiger partial charge < -0.3 is 19.1 Å². The van der Waals surface area contributed by atoms with Crippen molar-refractivity contribution >= 4 is 66.2 Å². The number of halogens is 1. The predicted octanol–water partition coefficient (Wildman–Crippen LogP) is 4.94. The molecule has 1 atom stereocenters. The van der Waals surface area contributed by atoms with Gasteiger partial charge in [0.2, 0.25) is 0 Å².